The molecule has 0 aliphatic carbocycles. The zero-order valence-corrected chi connectivity index (χ0v) is 19.0. The van der Waals surface area contributed by atoms with E-state index in [4.69, 9.17) is 5.26 Å². The molecule has 164 valence electrons. The van der Waals surface area contributed by atoms with Gasteiger partial charge in [-0.15, -0.1) is 0 Å². The summed E-state index contributed by atoms with van der Waals surface area (Å²) in [6, 6.07) is 36.6. The minimum Gasteiger partial charge on any atom is -0.371 e. The van der Waals surface area contributed by atoms with Crippen molar-refractivity contribution >= 4 is 16.5 Å². The predicted octanol–water partition coefficient (Wildman–Crippen LogP) is 6.28. The summed E-state index contributed by atoms with van der Waals surface area (Å²) in [6.07, 6.45) is 0. The zero-order chi connectivity index (χ0) is 22.6. The molecule has 1 fully saturated rings. The molecule has 33 heavy (non-hydrogen) atoms. The fraction of sp³-hybridized carbons (Fsp3) is 0.233. The molecular formula is C30H29N3. The van der Waals surface area contributed by atoms with Crippen LogP contribution < -0.4 is 10.2 Å². The minimum absolute atomic E-state index is 0.275. The highest BCUT2D eigenvalue weighted by Gasteiger charge is 2.34. The number of hydrogen-bond acceptors (Lipinski definition) is 3. The molecule has 0 bridgehead atoms. The molecule has 0 amide bonds. The average molecular weight is 432 g/mol. The Morgan fingerprint density at radius 1 is 0.879 bits per heavy atom. The maximum absolute atomic E-state index is 9.14. The molecule has 5 rings (SSSR count). The molecule has 3 nitrogen and oxygen atoms in total. The van der Waals surface area contributed by atoms with Crippen molar-refractivity contribution in [3.8, 4) is 6.07 Å². The van der Waals surface area contributed by atoms with Gasteiger partial charge >= 0.3 is 0 Å². The first-order chi connectivity index (χ1) is 16.2. The van der Waals surface area contributed by atoms with Gasteiger partial charge < -0.3 is 10.2 Å². The van der Waals surface area contributed by atoms with Gasteiger partial charge in [0, 0.05) is 37.3 Å². The van der Waals surface area contributed by atoms with E-state index in [1.807, 2.05) is 12.1 Å². The van der Waals surface area contributed by atoms with Gasteiger partial charge in [0.25, 0.3) is 0 Å². The molecule has 1 aliphatic rings. The van der Waals surface area contributed by atoms with Crippen LogP contribution in [-0.2, 0) is 0 Å². The lowest BCUT2D eigenvalue weighted by Gasteiger charge is -2.23. The lowest BCUT2D eigenvalue weighted by molar-refractivity contribution is 0.441. The molecule has 0 spiro atoms. The lowest BCUT2D eigenvalue weighted by Crippen LogP contribution is -2.30. The van der Waals surface area contributed by atoms with E-state index in [0.717, 1.165) is 19.6 Å². The predicted molar refractivity (Wildman–Crippen MR) is 136 cm³/mol. The van der Waals surface area contributed by atoms with Gasteiger partial charge in [-0.25, -0.2) is 0 Å². The van der Waals surface area contributed by atoms with Gasteiger partial charge in [0.2, 0.25) is 0 Å². The Hall–Kier alpha value is -3.61. The minimum atomic E-state index is 0.275. The van der Waals surface area contributed by atoms with Crippen LogP contribution in [0.1, 0.15) is 35.6 Å². The Labute approximate surface area is 196 Å². The molecule has 1 aliphatic heterocycles. The van der Waals surface area contributed by atoms with Crippen LogP contribution in [0.4, 0.5) is 5.69 Å². The normalized spacial score (nSPS) is 18.8. The van der Waals surface area contributed by atoms with E-state index < -0.39 is 0 Å². The van der Waals surface area contributed by atoms with E-state index in [1.54, 1.807) is 0 Å². The summed E-state index contributed by atoms with van der Waals surface area (Å²) in [6.45, 7) is 5.22. The summed E-state index contributed by atoms with van der Waals surface area (Å²) in [5, 5.41) is 15.6. The molecule has 3 atom stereocenters. The smallest absolute Gasteiger partial charge is 0.0991 e. The Bertz CT molecular complexity index is 1250. The Morgan fingerprint density at radius 2 is 1.61 bits per heavy atom. The van der Waals surface area contributed by atoms with Gasteiger partial charge in [-0.3, -0.25) is 0 Å². The number of nitriles is 1. The highest BCUT2D eigenvalue weighted by atomic mass is 15.2. The van der Waals surface area contributed by atoms with E-state index in [9.17, 15) is 0 Å². The first-order valence-electron chi connectivity index (χ1n) is 11.7. The molecule has 3 unspecified atom stereocenters. The van der Waals surface area contributed by atoms with Crippen LogP contribution >= 0.6 is 0 Å². The van der Waals surface area contributed by atoms with Crippen LogP contribution in [0.5, 0.6) is 0 Å². The summed E-state index contributed by atoms with van der Waals surface area (Å²) >= 11 is 0. The summed E-state index contributed by atoms with van der Waals surface area (Å²) in [4.78, 5) is 2.47. The largest absolute Gasteiger partial charge is 0.371 e. The average Bonchev–Trinajstić information content (AvgIpc) is 3.32. The quantitative estimate of drug-likeness (QED) is 0.390. The molecule has 1 heterocycles. The van der Waals surface area contributed by atoms with Crippen molar-refractivity contribution in [3.05, 3.63) is 114 Å². The number of benzene rings is 4. The molecule has 1 saturated heterocycles. The molecule has 0 aromatic heterocycles. The molecule has 0 saturated carbocycles. The van der Waals surface area contributed by atoms with Crippen molar-refractivity contribution in [2.45, 2.75) is 18.9 Å². The fourth-order valence-electron chi connectivity index (χ4n) is 5.18. The third kappa shape index (κ3) is 4.49. The Morgan fingerprint density at radius 3 is 2.39 bits per heavy atom. The topological polar surface area (TPSA) is 39.1 Å². The second-order valence-electron chi connectivity index (χ2n) is 9.04. The second kappa shape index (κ2) is 9.48. The molecule has 4 aromatic carbocycles. The van der Waals surface area contributed by atoms with Crippen molar-refractivity contribution in [1.29, 1.82) is 5.26 Å². The van der Waals surface area contributed by atoms with Crippen LogP contribution in [0.3, 0.4) is 0 Å². The van der Waals surface area contributed by atoms with Crippen LogP contribution in [0.2, 0.25) is 0 Å². The number of hydrogen-bond donors (Lipinski definition) is 1. The first-order valence-corrected chi connectivity index (χ1v) is 11.7. The zero-order valence-electron chi connectivity index (χ0n) is 19.0. The number of fused-ring (bicyclic) bond motifs is 1. The van der Waals surface area contributed by atoms with E-state index in [0.29, 0.717) is 17.4 Å². The Kier molecular flexibility index (Phi) is 6.11. The molecule has 0 radical (unpaired) electrons. The second-order valence-corrected chi connectivity index (χ2v) is 9.04. The summed E-state index contributed by atoms with van der Waals surface area (Å²) in [5.74, 6) is 0.967. The maximum atomic E-state index is 9.14. The van der Waals surface area contributed by atoms with E-state index >= 15 is 0 Å². The van der Waals surface area contributed by atoms with Crippen LogP contribution in [0.15, 0.2) is 97.1 Å². The van der Waals surface area contributed by atoms with E-state index in [1.165, 1.54) is 27.6 Å². The van der Waals surface area contributed by atoms with Gasteiger partial charge in [0.15, 0.2) is 0 Å². The van der Waals surface area contributed by atoms with Gasteiger partial charge in [-0.1, -0.05) is 72.8 Å². The molecular weight excluding hydrogens is 402 g/mol. The fourth-order valence-corrected chi connectivity index (χ4v) is 5.18. The van der Waals surface area contributed by atoms with Crippen molar-refractivity contribution in [3.63, 3.8) is 0 Å². The third-order valence-corrected chi connectivity index (χ3v) is 7.01. The van der Waals surface area contributed by atoms with Gasteiger partial charge in [0.1, 0.15) is 0 Å². The number of nitrogens with one attached hydrogen (secondary N) is 1. The number of anilines is 1. The number of rotatable bonds is 6. The summed E-state index contributed by atoms with van der Waals surface area (Å²) in [5.41, 5.74) is 4.66. The van der Waals surface area contributed by atoms with Crippen LogP contribution in [0, 0.1) is 17.2 Å². The Balaban J connectivity index is 1.35. The lowest BCUT2D eigenvalue weighted by atomic mass is 9.88. The summed E-state index contributed by atoms with van der Waals surface area (Å²) < 4.78 is 0. The van der Waals surface area contributed by atoms with Gasteiger partial charge in [0.05, 0.1) is 11.6 Å². The van der Waals surface area contributed by atoms with Crippen molar-refractivity contribution in [2.75, 3.05) is 24.5 Å². The van der Waals surface area contributed by atoms with E-state index in [2.05, 4.69) is 108 Å². The van der Waals surface area contributed by atoms with Gasteiger partial charge in [-0.05, 0) is 59.0 Å². The summed E-state index contributed by atoms with van der Waals surface area (Å²) in [7, 11) is 0. The molecule has 3 heteroatoms. The molecule has 1 N–H and O–H groups in total. The highest BCUT2D eigenvalue weighted by Crippen LogP contribution is 2.36. The third-order valence-electron chi connectivity index (χ3n) is 7.01. The number of nitrogens with zero attached hydrogens (tertiary/aromatic N) is 2. The maximum Gasteiger partial charge on any atom is 0.0991 e. The highest BCUT2D eigenvalue weighted by molar-refractivity contribution is 5.86. The van der Waals surface area contributed by atoms with Crippen LogP contribution in [0.25, 0.3) is 10.8 Å². The SMILES string of the molecule is CC(NCC1CN(c2ccc(C#N)cc2)CC1c1ccccc1)c1cccc2ccccc12. The first kappa shape index (κ1) is 21.2. The van der Waals surface area contributed by atoms with Crippen molar-refractivity contribution in [2.24, 2.45) is 5.92 Å². The van der Waals surface area contributed by atoms with Gasteiger partial charge in [-0.2, -0.15) is 5.26 Å². The van der Waals surface area contributed by atoms with Crippen LogP contribution in [-0.4, -0.2) is 19.6 Å². The van der Waals surface area contributed by atoms with Crippen molar-refractivity contribution in [1.82, 2.24) is 5.32 Å². The van der Waals surface area contributed by atoms with Crippen molar-refractivity contribution < 1.29 is 0 Å². The monoisotopic (exact) mass is 431 g/mol. The molecule has 4 aromatic rings. The van der Waals surface area contributed by atoms with E-state index in [-0.39, 0.29) is 6.04 Å². The standard InChI is InChI=1S/C30H29N3/c1-22(28-13-7-11-24-10-5-6-12-29(24)28)32-19-26-20-33(27-16-14-23(18-31)15-17-27)21-30(26)25-8-3-2-4-9-25/h2-17,22,26,30,32H,19-21H2,1H3.